The summed E-state index contributed by atoms with van der Waals surface area (Å²) in [5, 5.41) is 0. The number of rotatable bonds is 2. The molecule has 0 aromatic heterocycles. The van der Waals surface area contributed by atoms with Crippen molar-refractivity contribution in [1.82, 2.24) is 0 Å². The summed E-state index contributed by atoms with van der Waals surface area (Å²) in [6.45, 7) is 4.50. The first-order chi connectivity index (χ1) is 6.90. The van der Waals surface area contributed by atoms with Gasteiger partial charge >= 0.3 is 0 Å². The van der Waals surface area contributed by atoms with Crippen molar-refractivity contribution < 1.29 is 0 Å². The van der Waals surface area contributed by atoms with Gasteiger partial charge in [0.05, 0.1) is 0 Å². The fraction of sp³-hybridized carbons (Fsp3) is 0.385. The van der Waals surface area contributed by atoms with Crippen LogP contribution in [-0.2, 0) is 0 Å². The number of allylic oxidation sites excluding steroid dienone is 1. The van der Waals surface area contributed by atoms with Crippen molar-refractivity contribution >= 4 is 11.8 Å². The van der Waals surface area contributed by atoms with Crippen LogP contribution in [0, 0.1) is 0 Å². The molecule has 1 aromatic carbocycles. The van der Waals surface area contributed by atoms with Gasteiger partial charge in [-0.2, -0.15) is 0 Å². The van der Waals surface area contributed by atoms with Gasteiger partial charge in [-0.1, -0.05) is 24.3 Å². The topological polar surface area (TPSA) is 3.24 Å². The second-order valence-electron chi connectivity index (χ2n) is 3.79. The average Bonchev–Trinajstić information content (AvgIpc) is 2.72. The summed E-state index contributed by atoms with van der Waals surface area (Å²) in [6.07, 6.45) is 6.89. The maximum atomic E-state index is 2.46. The van der Waals surface area contributed by atoms with Gasteiger partial charge in [0.15, 0.2) is 0 Å². The molecule has 0 aliphatic carbocycles. The fourth-order valence-corrected chi connectivity index (χ4v) is 1.96. The number of nitrogens with zero attached hydrogens (tertiary/aromatic N) is 1. The minimum absolute atomic E-state index is 1.23. The van der Waals surface area contributed by atoms with E-state index >= 15 is 0 Å². The summed E-state index contributed by atoms with van der Waals surface area (Å²) in [6, 6.07) is 8.82. The Morgan fingerprint density at radius 1 is 1.07 bits per heavy atom. The zero-order chi connectivity index (χ0) is 9.80. The Labute approximate surface area is 86.1 Å². The first-order valence-electron chi connectivity index (χ1n) is 5.38. The normalized spacial score (nSPS) is 16.8. The highest BCUT2D eigenvalue weighted by molar-refractivity contribution is 5.56. The van der Waals surface area contributed by atoms with E-state index in [-0.39, 0.29) is 0 Å². The third-order valence-corrected chi connectivity index (χ3v) is 2.72. The smallest absolute Gasteiger partial charge is 0.0366 e. The standard InChI is InChI=1S/C13H17N/c1-2-5-12-6-8-13(9-7-12)14-10-3-4-11-14/h2,5-9H,3-4,10-11H2,1H3/b5-2+. The van der Waals surface area contributed by atoms with Crippen molar-refractivity contribution in [3.63, 3.8) is 0 Å². The summed E-state index contributed by atoms with van der Waals surface area (Å²) < 4.78 is 0. The third-order valence-electron chi connectivity index (χ3n) is 2.72. The van der Waals surface area contributed by atoms with Crippen molar-refractivity contribution in [3.8, 4) is 0 Å². The van der Waals surface area contributed by atoms with E-state index in [0.717, 1.165) is 0 Å². The number of hydrogen-bond acceptors (Lipinski definition) is 1. The maximum Gasteiger partial charge on any atom is 0.0366 e. The second-order valence-corrected chi connectivity index (χ2v) is 3.79. The predicted molar refractivity (Wildman–Crippen MR) is 62.6 cm³/mol. The highest BCUT2D eigenvalue weighted by Gasteiger charge is 2.11. The SMILES string of the molecule is C/C=C/c1ccc(N2CCCC2)cc1. The van der Waals surface area contributed by atoms with Gasteiger partial charge < -0.3 is 4.90 Å². The highest BCUT2D eigenvalue weighted by atomic mass is 15.1. The van der Waals surface area contributed by atoms with Crippen LogP contribution in [-0.4, -0.2) is 13.1 Å². The molecule has 1 aromatic rings. The molecule has 74 valence electrons. The zero-order valence-electron chi connectivity index (χ0n) is 8.74. The molecular formula is C13H17N. The molecule has 0 saturated carbocycles. The molecule has 0 spiro atoms. The molecule has 0 N–H and O–H groups in total. The minimum Gasteiger partial charge on any atom is -0.372 e. The van der Waals surface area contributed by atoms with E-state index in [4.69, 9.17) is 0 Å². The number of anilines is 1. The van der Waals surface area contributed by atoms with Gasteiger partial charge in [0.1, 0.15) is 0 Å². The lowest BCUT2D eigenvalue weighted by atomic mass is 10.2. The second kappa shape index (κ2) is 4.32. The van der Waals surface area contributed by atoms with Gasteiger partial charge in [-0.3, -0.25) is 0 Å². The van der Waals surface area contributed by atoms with Crippen LogP contribution in [0.25, 0.3) is 6.08 Å². The summed E-state index contributed by atoms with van der Waals surface area (Å²) >= 11 is 0. The lowest BCUT2D eigenvalue weighted by molar-refractivity contribution is 0.949. The number of benzene rings is 1. The van der Waals surface area contributed by atoms with Crippen LogP contribution in [0.2, 0.25) is 0 Å². The van der Waals surface area contributed by atoms with E-state index in [0.29, 0.717) is 0 Å². The Balaban J connectivity index is 2.12. The summed E-state index contributed by atoms with van der Waals surface area (Å²) in [5.74, 6) is 0. The Bertz CT molecular complexity index is 305. The van der Waals surface area contributed by atoms with E-state index in [1.54, 1.807) is 0 Å². The van der Waals surface area contributed by atoms with Crippen LogP contribution >= 0.6 is 0 Å². The molecule has 0 unspecified atom stereocenters. The molecule has 1 fully saturated rings. The Morgan fingerprint density at radius 3 is 2.29 bits per heavy atom. The van der Waals surface area contributed by atoms with Gasteiger partial charge in [-0.15, -0.1) is 0 Å². The summed E-state index contributed by atoms with van der Waals surface area (Å²) in [7, 11) is 0. The molecule has 0 bridgehead atoms. The van der Waals surface area contributed by atoms with E-state index in [2.05, 4.69) is 41.3 Å². The first kappa shape index (κ1) is 9.32. The monoisotopic (exact) mass is 187 g/mol. The molecule has 0 amide bonds. The molecule has 14 heavy (non-hydrogen) atoms. The van der Waals surface area contributed by atoms with Gasteiger partial charge in [-0.05, 0) is 37.5 Å². The van der Waals surface area contributed by atoms with E-state index in [1.807, 2.05) is 6.92 Å². The third kappa shape index (κ3) is 1.98. The van der Waals surface area contributed by atoms with Crippen molar-refractivity contribution in [1.29, 1.82) is 0 Å². The van der Waals surface area contributed by atoms with E-state index < -0.39 is 0 Å². The van der Waals surface area contributed by atoms with Gasteiger partial charge in [0.25, 0.3) is 0 Å². The van der Waals surface area contributed by atoms with Crippen LogP contribution in [0.4, 0.5) is 5.69 Å². The predicted octanol–water partition coefficient (Wildman–Crippen LogP) is 3.32. The van der Waals surface area contributed by atoms with E-state index in [9.17, 15) is 0 Å². The van der Waals surface area contributed by atoms with Gasteiger partial charge in [-0.25, -0.2) is 0 Å². The quantitative estimate of drug-likeness (QED) is 0.686. The molecule has 0 radical (unpaired) electrons. The molecule has 1 aliphatic heterocycles. The van der Waals surface area contributed by atoms with Crippen molar-refractivity contribution in [3.05, 3.63) is 35.9 Å². The molecule has 1 heteroatoms. The highest BCUT2D eigenvalue weighted by Crippen LogP contribution is 2.20. The van der Waals surface area contributed by atoms with Crippen LogP contribution < -0.4 is 4.90 Å². The van der Waals surface area contributed by atoms with E-state index in [1.165, 1.54) is 37.2 Å². The molecule has 1 heterocycles. The minimum atomic E-state index is 1.23. The van der Waals surface area contributed by atoms with Crippen molar-refractivity contribution in [2.24, 2.45) is 0 Å². The van der Waals surface area contributed by atoms with Gasteiger partial charge in [0.2, 0.25) is 0 Å². The lowest BCUT2D eigenvalue weighted by Gasteiger charge is -2.17. The van der Waals surface area contributed by atoms with Crippen LogP contribution in [0.1, 0.15) is 25.3 Å². The Morgan fingerprint density at radius 2 is 1.71 bits per heavy atom. The first-order valence-corrected chi connectivity index (χ1v) is 5.38. The lowest BCUT2D eigenvalue weighted by Crippen LogP contribution is -2.17. The number of hydrogen-bond donors (Lipinski definition) is 0. The summed E-state index contributed by atoms with van der Waals surface area (Å²) in [5.41, 5.74) is 2.66. The zero-order valence-corrected chi connectivity index (χ0v) is 8.74. The fourth-order valence-electron chi connectivity index (χ4n) is 1.96. The van der Waals surface area contributed by atoms with Crippen molar-refractivity contribution in [2.75, 3.05) is 18.0 Å². The molecular weight excluding hydrogens is 170 g/mol. The maximum absolute atomic E-state index is 2.46. The molecule has 1 saturated heterocycles. The largest absolute Gasteiger partial charge is 0.372 e. The molecule has 1 aliphatic rings. The van der Waals surface area contributed by atoms with Crippen LogP contribution in [0.3, 0.4) is 0 Å². The van der Waals surface area contributed by atoms with Crippen LogP contribution in [0.5, 0.6) is 0 Å². The molecule has 2 rings (SSSR count). The Kier molecular flexibility index (Phi) is 2.87. The van der Waals surface area contributed by atoms with Gasteiger partial charge in [0, 0.05) is 18.8 Å². The average molecular weight is 187 g/mol. The molecule has 0 atom stereocenters. The molecule has 1 nitrogen and oxygen atoms in total. The van der Waals surface area contributed by atoms with Crippen molar-refractivity contribution in [2.45, 2.75) is 19.8 Å². The Hall–Kier alpha value is -1.24. The van der Waals surface area contributed by atoms with Crippen LogP contribution in [0.15, 0.2) is 30.3 Å². The summed E-state index contributed by atoms with van der Waals surface area (Å²) in [4.78, 5) is 2.46.